The third kappa shape index (κ3) is 0.943. The number of rotatable bonds is 0. The Kier molecular flexibility index (Phi) is 1.26. The summed E-state index contributed by atoms with van der Waals surface area (Å²) in [6.07, 6.45) is 1.47. The van der Waals surface area contributed by atoms with Gasteiger partial charge >= 0.3 is 0 Å². The molecule has 1 heterocycles. The molecule has 3 nitrogen and oxygen atoms in total. The molecule has 0 N–H and O–H groups in total. The average molecular weight is 153 g/mol. The number of hydrogen-bond donors (Lipinski definition) is 0. The molecule has 0 aromatic rings. The second-order valence-corrected chi connectivity index (χ2v) is 3.63. The van der Waals surface area contributed by atoms with Crippen molar-refractivity contribution >= 4 is 0 Å². The molecule has 0 aromatic carbocycles. The van der Waals surface area contributed by atoms with Gasteiger partial charge in [-0.15, -0.1) is 0 Å². The van der Waals surface area contributed by atoms with Crippen LogP contribution in [-0.2, 0) is 9.47 Å². The Labute approximate surface area is 65.9 Å². The second kappa shape index (κ2) is 1.96. The molecule has 0 bridgehead atoms. The van der Waals surface area contributed by atoms with Crippen LogP contribution in [0, 0.1) is 16.7 Å². The van der Waals surface area contributed by atoms with Gasteiger partial charge < -0.3 is 9.47 Å². The first-order valence-electron chi connectivity index (χ1n) is 3.87. The van der Waals surface area contributed by atoms with Crippen molar-refractivity contribution in [2.75, 3.05) is 13.2 Å². The van der Waals surface area contributed by atoms with Gasteiger partial charge in [-0.05, 0) is 6.92 Å². The Bertz CT molecular complexity index is 205. The van der Waals surface area contributed by atoms with Crippen LogP contribution in [0.25, 0.3) is 0 Å². The first-order chi connectivity index (χ1) is 5.18. The van der Waals surface area contributed by atoms with Crippen LogP contribution in [0.4, 0.5) is 0 Å². The van der Waals surface area contributed by atoms with Crippen molar-refractivity contribution in [2.24, 2.45) is 5.41 Å². The maximum Gasteiger partial charge on any atom is 0.171 e. The van der Waals surface area contributed by atoms with Crippen LogP contribution in [-0.4, -0.2) is 19.0 Å². The van der Waals surface area contributed by atoms with Crippen molar-refractivity contribution in [1.82, 2.24) is 0 Å². The van der Waals surface area contributed by atoms with E-state index in [1.165, 1.54) is 0 Å². The zero-order valence-electron chi connectivity index (χ0n) is 6.59. The first kappa shape index (κ1) is 7.08. The molecule has 3 heteroatoms. The van der Waals surface area contributed by atoms with E-state index in [1.54, 1.807) is 0 Å². The summed E-state index contributed by atoms with van der Waals surface area (Å²) in [5, 5.41) is 8.73. The Balaban J connectivity index is 2.01. The fourth-order valence-corrected chi connectivity index (χ4v) is 1.92. The summed E-state index contributed by atoms with van der Waals surface area (Å²) in [4.78, 5) is 0. The SMILES string of the molecule is CC1(C#N)CC2(C1)OCCO2. The van der Waals surface area contributed by atoms with Gasteiger partial charge in [-0.2, -0.15) is 5.26 Å². The Hall–Kier alpha value is -0.590. The van der Waals surface area contributed by atoms with Gasteiger partial charge in [-0.3, -0.25) is 0 Å². The van der Waals surface area contributed by atoms with E-state index in [0.29, 0.717) is 13.2 Å². The van der Waals surface area contributed by atoms with E-state index in [-0.39, 0.29) is 11.2 Å². The molecule has 1 aliphatic heterocycles. The minimum atomic E-state index is -0.371. The van der Waals surface area contributed by atoms with Crippen molar-refractivity contribution in [2.45, 2.75) is 25.6 Å². The number of nitriles is 1. The van der Waals surface area contributed by atoms with Gasteiger partial charge in [0.2, 0.25) is 0 Å². The lowest BCUT2D eigenvalue weighted by Crippen LogP contribution is -2.50. The fraction of sp³-hybridized carbons (Fsp3) is 0.875. The van der Waals surface area contributed by atoms with Crippen molar-refractivity contribution in [3.63, 3.8) is 0 Å². The lowest BCUT2D eigenvalue weighted by molar-refractivity contribution is -0.244. The van der Waals surface area contributed by atoms with Gasteiger partial charge in [-0.1, -0.05) is 0 Å². The molecule has 0 radical (unpaired) electrons. The number of nitrogens with zero attached hydrogens (tertiary/aromatic N) is 1. The topological polar surface area (TPSA) is 42.2 Å². The van der Waals surface area contributed by atoms with E-state index >= 15 is 0 Å². The fourth-order valence-electron chi connectivity index (χ4n) is 1.92. The minimum absolute atomic E-state index is 0.204. The molecule has 0 amide bonds. The molecule has 0 aromatic heterocycles. The molecule has 60 valence electrons. The van der Waals surface area contributed by atoms with Crippen LogP contribution in [0.15, 0.2) is 0 Å². The quantitative estimate of drug-likeness (QED) is 0.522. The van der Waals surface area contributed by atoms with Gasteiger partial charge in [0, 0.05) is 12.8 Å². The molecular weight excluding hydrogens is 142 g/mol. The highest BCUT2D eigenvalue weighted by Crippen LogP contribution is 2.52. The summed E-state index contributed by atoms with van der Waals surface area (Å²) < 4.78 is 10.8. The highest BCUT2D eigenvalue weighted by Gasteiger charge is 2.56. The normalized spacial score (nSPS) is 31.3. The van der Waals surface area contributed by atoms with E-state index in [0.717, 1.165) is 12.8 Å². The van der Waals surface area contributed by atoms with Gasteiger partial charge in [0.05, 0.1) is 24.7 Å². The summed E-state index contributed by atoms with van der Waals surface area (Å²) in [7, 11) is 0. The molecule has 2 rings (SSSR count). The molecule has 1 saturated heterocycles. The van der Waals surface area contributed by atoms with Crippen LogP contribution < -0.4 is 0 Å². The minimum Gasteiger partial charge on any atom is -0.347 e. The van der Waals surface area contributed by atoms with Crippen molar-refractivity contribution in [3.05, 3.63) is 0 Å². The summed E-state index contributed by atoms with van der Waals surface area (Å²) >= 11 is 0. The predicted molar refractivity (Wildman–Crippen MR) is 37.6 cm³/mol. The molecule has 1 aliphatic carbocycles. The van der Waals surface area contributed by atoms with E-state index in [9.17, 15) is 0 Å². The van der Waals surface area contributed by atoms with Crippen molar-refractivity contribution in [3.8, 4) is 6.07 Å². The monoisotopic (exact) mass is 153 g/mol. The lowest BCUT2D eigenvalue weighted by atomic mass is 9.67. The van der Waals surface area contributed by atoms with Gasteiger partial charge in [-0.25, -0.2) is 0 Å². The zero-order chi connectivity index (χ0) is 7.95. The maximum atomic E-state index is 8.73. The molecule has 2 fully saturated rings. The summed E-state index contributed by atoms with van der Waals surface area (Å²) in [5.41, 5.74) is -0.204. The van der Waals surface area contributed by atoms with E-state index in [4.69, 9.17) is 14.7 Å². The lowest BCUT2D eigenvalue weighted by Gasteiger charge is -2.46. The van der Waals surface area contributed by atoms with Gasteiger partial charge in [0.1, 0.15) is 0 Å². The molecule has 2 aliphatic rings. The maximum absolute atomic E-state index is 8.73. The predicted octanol–water partition coefficient (Wildman–Crippen LogP) is 1.05. The van der Waals surface area contributed by atoms with Crippen LogP contribution in [0.1, 0.15) is 19.8 Å². The number of hydrogen-bond acceptors (Lipinski definition) is 3. The number of ether oxygens (including phenoxy) is 2. The third-order valence-electron chi connectivity index (χ3n) is 2.40. The van der Waals surface area contributed by atoms with E-state index in [2.05, 4.69) is 6.07 Å². The standard InChI is InChI=1S/C8H11NO2/c1-7(6-9)4-8(5-7)10-2-3-11-8/h2-5H2,1H3. The summed E-state index contributed by atoms with van der Waals surface area (Å²) in [6, 6.07) is 2.27. The van der Waals surface area contributed by atoms with Crippen LogP contribution >= 0.6 is 0 Å². The van der Waals surface area contributed by atoms with E-state index < -0.39 is 0 Å². The molecule has 1 spiro atoms. The van der Waals surface area contributed by atoms with Gasteiger partial charge in [0.15, 0.2) is 5.79 Å². The van der Waals surface area contributed by atoms with Crippen LogP contribution in [0.5, 0.6) is 0 Å². The Morgan fingerprint density at radius 3 is 2.27 bits per heavy atom. The molecule has 0 atom stereocenters. The van der Waals surface area contributed by atoms with Crippen LogP contribution in [0.3, 0.4) is 0 Å². The molecule has 1 saturated carbocycles. The van der Waals surface area contributed by atoms with Gasteiger partial charge in [0.25, 0.3) is 0 Å². The highest BCUT2D eigenvalue weighted by atomic mass is 16.7. The largest absolute Gasteiger partial charge is 0.347 e. The average Bonchev–Trinajstić information content (AvgIpc) is 2.35. The molecule has 11 heavy (non-hydrogen) atoms. The smallest absolute Gasteiger partial charge is 0.171 e. The van der Waals surface area contributed by atoms with Crippen molar-refractivity contribution < 1.29 is 9.47 Å². The van der Waals surface area contributed by atoms with E-state index in [1.807, 2.05) is 6.92 Å². The third-order valence-corrected chi connectivity index (χ3v) is 2.40. The second-order valence-electron chi connectivity index (χ2n) is 3.63. The molecule has 0 unspecified atom stereocenters. The Morgan fingerprint density at radius 2 is 1.82 bits per heavy atom. The highest BCUT2D eigenvalue weighted by molar-refractivity contribution is 5.10. The van der Waals surface area contributed by atoms with Crippen LogP contribution in [0.2, 0.25) is 0 Å². The Morgan fingerprint density at radius 1 is 1.27 bits per heavy atom. The summed E-state index contributed by atoms with van der Waals surface area (Å²) in [6.45, 7) is 3.31. The molecular formula is C8H11NO2. The first-order valence-corrected chi connectivity index (χ1v) is 3.87. The summed E-state index contributed by atoms with van der Waals surface area (Å²) in [5.74, 6) is -0.371. The van der Waals surface area contributed by atoms with Crippen molar-refractivity contribution in [1.29, 1.82) is 5.26 Å². The zero-order valence-corrected chi connectivity index (χ0v) is 6.59.